The van der Waals surface area contributed by atoms with E-state index in [0.717, 1.165) is 18.7 Å². The SMILES string of the molecule is CN=C(NCCC(F)(F)F)NCC(c1ccc(F)cc1)N1CCOCC1. The van der Waals surface area contributed by atoms with Crippen molar-refractivity contribution in [1.29, 1.82) is 0 Å². The lowest BCUT2D eigenvalue weighted by Crippen LogP contribution is -2.46. The second kappa shape index (κ2) is 9.72. The van der Waals surface area contributed by atoms with Crippen molar-refractivity contribution in [3.05, 3.63) is 35.6 Å². The summed E-state index contributed by atoms with van der Waals surface area (Å²) in [4.78, 5) is 6.16. The molecule has 9 heteroatoms. The number of nitrogens with one attached hydrogen (secondary N) is 2. The molecule has 0 radical (unpaired) electrons. The minimum atomic E-state index is -4.21. The van der Waals surface area contributed by atoms with Crippen LogP contribution in [0.2, 0.25) is 0 Å². The normalized spacial score (nSPS) is 17.8. The molecule has 1 aliphatic heterocycles. The molecule has 1 heterocycles. The lowest BCUT2D eigenvalue weighted by molar-refractivity contribution is -0.132. The standard InChI is InChI=1S/C17H24F4N4O/c1-22-16(23-7-6-17(19,20)21)24-12-15(25-8-10-26-11-9-25)13-2-4-14(18)5-3-13/h2-5,15H,6-12H2,1H3,(H2,22,23,24). The van der Waals surface area contributed by atoms with Crippen LogP contribution in [0.25, 0.3) is 0 Å². The second-order valence-corrected chi connectivity index (χ2v) is 5.96. The molecule has 0 aliphatic carbocycles. The number of hydrogen-bond donors (Lipinski definition) is 2. The van der Waals surface area contributed by atoms with E-state index < -0.39 is 12.6 Å². The van der Waals surface area contributed by atoms with E-state index in [1.54, 1.807) is 12.1 Å². The van der Waals surface area contributed by atoms with Crippen LogP contribution >= 0.6 is 0 Å². The summed E-state index contributed by atoms with van der Waals surface area (Å²) in [6.45, 7) is 2.85. The highest BCUT2D eigenvalue weighted by atomic mass is 19.4. The first-order valence-electron chi connectivity index (χ1n) is 8.47. The Labute approximate surface area is 150 Å². The third-order valence-corrected chi connectivity index (χ3v) is 4.13. The predicted octanol–water partition coefficient (Wildman–Crippen LogP) is 2.32. The number of nitrogens with zero attached hydrogens (tertiary/aromatic N) is 2. The van der Waals surface area contributed by atoms with Gasteiger partial charge in [-0.3, -0.25) is 9.89 Å². The molecule has 0 amide bonds. The lowest BCUT2D eigenvalue weighted by atomic mass is 10.0. The van der Waals surface area contributed by atoms with Crippen LogP contribution in [0.5, 0.6) is 0 Å². The molecule has 0 bridgehead atoms. The fraction of sp³-hybridized carbons (Fsp3) is 0.588. The topological polar surface area (TPSA) is 48.9 Å². The minimum absolute atomic E-state index is 0.0688. The van der Waals surface area contributed by atoms with Gasteiger partial charge in [0.25, 0.3) is 0 Å². The highest BCUT2D eigenvalue weighted by molar-refractivity contribution is 5.79. The maximum Gasteiger partial charge on any atom is 0.390 e. The average Bonchev–Trinajstić information content (AvgIpc) is 2.61. The Bertz CT molecular complexity index is 571. The predicted molar refractivity (Wildman–Crippen MR) is 91.6 cm³/mol. The summed E-state index contributed by atoms with van der Waals surface area (Å²) in [5.74, 6) is -0.0123. The van der Waals surface area contributed by atoms with Crippen molar-refractivity contribution >= 4 is 5.96 Å². The van der Waals surface area contributed by atoms with E-state index >= 15 is 0 Å². The highest BCUT2D eigenvalue weighted by Crippen LogP contribution is 2.22. The molecule has 2 rings (SSSR count). The third kappa shape index (κ3) is 6.80. The van der Waals surface area contributed by atoms with Crippen molar-refractivity contribution in [3.8, 4) is 0 Å². The maximum atomic E-state index is 13.2. The van der Waals surface area contributed by atoms with Gasteiger partial charge in [0, 0.05) is 33.2 Å². The molecule has 1 aromatic rings. The van der Waals surface area contributed by atoms with E-state index in [9.17, 15) is 17.6 Å². The van der Waals surface area contributed by atoms with E-state index in [-0.39, 0.29) is 18.4 Å². The van der Waals surface area contributed by atoms with Crippen molar-refractivity contribution in [2.75, 3.05) is 46.4 Å². The number of aliphatic imine (C=N–C) groups is 1. The van der Waals surface area contributed by atoms with Gasteiger partial charge >= 0.3 is 6.18 Å². The van der Waals surface area contributed by atoms with E-state index in [1.165, 1.54) is 19.2 Å². The number of guanidine groups is 1. The minimum Gasteiger partial charge on any atom is -0.379 e. The van der Waals surface area contributed by atoms with Gasteiger partial charge in [0.05, 0.1) is 25.7 Å². The zero-order valence-corrected chi connectivity index (χ0v) is 14.7. The van der Waals surface area contributed by atoms with Gasteiger partial charge in [0.1, 0.15) is 5.82 Å². The number of alkyl halides is 3. The van der Waals surface area contributed by atoms with Crippen LogP contribution in [0, 0.1) is 5.82 Å². The summed E-state index contributed by atoms with van der Waals surface area (Å²) in [6.07, 6.45) is -5.14. The number of morpholine rings is 1. The number of ether oxygens (including phenoxy) is 1. The zero-order valence-electron chi connectivity index (χ0n) is 14.7. The second-order valence-electron chi connectivity index (χ2n) is 5.96. The molecule has 26 heavy (non-hydrogen) atoms. The summed E-state index contributed by atoms with van der Waals surface area (Å²) in [5, 5.41) is 5.72. The zero-order chi connectivity index (χ0) is 19.0. The lowest BCUT2D eigenvalue weighted by Gasteiger charge is -2.35. The average molecular weight is 376 g/mol. The smallest absolute Gasteiger partial charge is 0.379 e. The van der Waals surface area contributed by atoms with E-state index in [2.05, 4.69) is 20.5 Å². The molecule has 146 valence electrons. The van der Waals surface area contributed by atoms with Gasteiger partial charge in [-0.2, -0.15) is 13.2 Å². The molecular formula is C17H24F4N4O. The van der Waals surface area contributed by atoms with Crippen LogP contribution in [-0.4, -0.2) is 63.5 Å². The maximum absolute atomic E-state index is 13.2. The van der Waals surface area contributed by atoms with Gasteiger partial charge in [0.15, 0.2) is 5.96 Å². The Morgan fingerprint density at radius 3 is 2.42 bits per heavy atom. The molecule has 0 spiro atoms. The highest BCUT2D eigenvalue weighted by Gasteiger charge is 2.27. The van der Waals surface area contributed by atoms with Gasteiger partial charge in [-0.1, -0.05) is 12.1 Å². The van der Waals surface area contributed by atoms with Gasteiger partial charge in [0.2, 0.25) is 0 Å². The van der Waals surface area contributed by atoms with E-state index in [0.29, 0.717) is 25.7 Å². The van der Waals surface area contributed by atoms with Crippen molar-refractivity contribution in [2.45, 2.75) is 18.6 Å². The van der Waals surface area contributed by atoms with Crippen molar-refractivity contribution in [3.63, 3.8) is 0 Å². The molecule has 1 atom stereocenters. The van der Waals surface area contributed by atoms with Gasteiger partial charge in [-0.05, 0) is 17.7 Å². The fourth-order valence-electron chi connectivity index (χ4n) is 2.77. The molecule has 1 fully saturated rings. The van der Waals surface area contributed by atoms with Crippen molar-refractivity contribution in [2.24, 2.45) is 4.99 Å². The van der Waals surface area contributed by atoms with Crippen LogP contribution in [-0.2, 0) is 4.74 Å². The first-order chi connectivity index (χ1) is 12.4. The summed E-state index contributed by atoms with van der Waals surface area (Å²) in [5.41, 5.74) is 0.923. The summed E-state index contributed by atoms with van der Waals surface area (Å²) < 4.78 is 55.4. The number of rotatable bonds is 6. The van der Waals surface area contributed by atoms with E-state index in [4.69, 9.17) is 4.74 Å². The Morgan fingerprint density at radius 1 is 1.19 bits per heavy atom. The van der Waals surface area contributed by atoms with Crippen molar-refractivity contribution in [1.82, 2.24) is 15.5 Å². The Balaban J connectivity index is 1.97. The number of hydrogen-bond acceptors (Lipinski definition) is 3. The number of benzene rings is 1. The van der Waals surface area contributed by atoms with Crippen molar-refractivity contribution < 1.29 is 22.3 Å². The number of halogens is 4. The summed E-state index contributed by atoms with van der Waals surface area (Å²) in [6, 6.07) is 6.17. The van der Waals surface area contributed by atoms with Gasteiger partial charge in [-0.25, -0.2) is 4.39 Å². The van der Waals surface area contributed by atoms with Crippen LogP contribution < -0.4 is 10.6 Å². The van der Waals surface area contributed by atoms with Gasteiger partial charge < -0.3 is 15.4 Å². The molecule has 1 saturated heterocycles. The molecule has 2 N–H and O–H groups in total. The monoisotopic (exact) mass is 376 g/mol. The molecule has 1 unspecified atom stereocenters. The molecular weight excluding hydrogens is 352 g/mol. The Hall–Kier alpha value is -1.87. The molecule has 1 aliphatic rings. The van der Waals surface area contributed by atoms with E-state index in [1.807, 2.05) is 0 Å². The molecule has 0 aromatic heterocycles. The third-order valence-electron chi connectivity index (χ3n) is 4.13. The van der Waals surface area contributed by atoms with Crippen LogP contribution in [0.15, 0.2) is 29.3 Å². The first kappa shape index (κ1) is 20.4. The fourth-order valence-corrected chi connectivity index (χ4v) is 2.77. The molecule has 0 saturated carbocycles. The first-order valence-corrected chi connectivity index (χ1v) is 8.47. The van der Waals surface area contributed by atoms with Crippen LogP contribution in [0.4, 0.5) is 17.6 Å². The quantitative estimate of drug-likeness (QED) is 0.455. The van der Waals surface area contributed by atoms with Crippen LogP contribution in [0.1, 0.15) is 18.0 Å². The summed E-state index contributed by atoms with van der Waals surface area (Å²) in [7, 11) is 1.50. The Kier molecular flexibility index (Phi) is 7.65. The van der Waals surface area contributed by atoms with Crippen LogP contribution in [0.3, 0.4) is 0 Å². The molecule has 5 nitrogen and oxygen atoms in total. The van der Waals surface area contributed by atoms with Gasteiger partial charge in [-0.15, -0.1) is 0 Å². The summed E-state index contributed by atoms with van der Waals surface area (Å²) >= 11 is 0. The largest absolute Gasteiger partial charge is 0.390 e. The Morgan fingerprint density at radius 2 is 1.85 bits per heavy atom. The molecule has 1 aromatic carbocycles.